The van der Waals surface area contributed by atoms with Crippen LogP contribution in [0.4, 0.5) is 0 Å². The second-order valence-electron chi connectivity index (χ2n) is 4.65. The van der Waals surface area contributed by atoms with Crippen LogP contribution in [0.2, 0.25) is 0 Å². The van der Waals surface area contributed by atoms with E-state index in [1.54, 1.807) is 0 Å². The molecule has 0 saturated heterocycles. The van der Waals surface area contributed by atoms with Gasteiger partial charge in [0, 0.05) is 12.5 Å². The third-order valence-corrected chi connectivity index (χ3v) is 3.76. The van der Waals surface area contributed by atoms with Crippen LogP contribution in [0, 0.1) is 4.77 Å². The van der Waals surface area contributed by atoms with Crippen LogP contribution in [-0.4, -0.2) is 14.8 Å². The monoisotopic (exact) mass is 257 g/mol. The Labute approximate surface area is 111 Å². The van der Waals surface area contributed by atoms with Gasteiger partial charge in [0.1, 0.15) is 5.82 Å². The smallest absolute Gasteiger partial charge is 0.195 e. The molecule has 1 N–H and O–H groups in total. The van der Waals surface area contributed by atoms with Crippen LogP contribution >= 0.6 is 12.2 Å². The van der Waals surface area contributed by atoms with Crippen LogP contribution in [-0.2, 0) is 6.54 Å². The number of H-pyrrole nitrogens is 1. The highest BCUT2D eigenvalue weighted by atomic mass is 32.1. The highest BCUT2D eigenvalue weighted by molar-refractivity contribution is 7.71. The van der Waals surface area contributed by atoms with Crippen molar-refractivity contribution in [2.75, 3.05) is 0 Å². The fourth-order valence-corrected chi connectivity index (χ4v) is 2.68. The Morgan fingerprint density at radius 2 is 2.17 bits per heavy atom. The molecule has 92 valence electrons. The van der Waals surface area contributed by atoms with Gasteiger partial charge in [-0.25, -0.2) is 0 Å². The first-order valence-electron chi connectivity index (χ1n) is 6.12. The molecule has 1 aliphatic rings. The van der Waals surface area contributed by atoms with Gasteiger partial charge in [-0.05, 0) is 30.1 Å². The summed E-state index contributed by atoms with van der Waals surface area (Å²) in [6.07, 6.45) is 3.01. The Morgan fingerprint density at radius 3 is 2.89 bits per heavy atom. The van der Waals surface area contributed by atoms with Gasteiger partial charge < -0.3 is 4.57 Å². The fourth-order valence-electron chi connectivity index (χ4n) is 2.47. The largest absolute Gasteiger partial charge is 0.300 e. The van der Waals surface area contributed by atoms with Gasteiger partial charge in [-0.1, -0.05) is 36.4 Å². The van der Waals surface area contributed by atoms with E-state index in [1.165, 1.54) is 5.56 Å². The van der Waals surface area contributed by atoms with E-state index in [9.17, 15) is 0 Å². The van der Waals surface area contributed by atoms with Crippen LogP contribution in [0.5, 0.6) is 0 Å². The van der Waals surface area contributed by atoms with Crippen molar-refractivity contribution >= 4 is 12.2 Å². The van der Waals surface area contributed by atoms with Gasteiger partial charge in [0.05, 0.1) is 0 Å². The molecule has 18 heavy (non-hydrogen) atoms. The summed E-state index contributed by atoms with van der Waals surface area (Å²) in [4.78, 5) is 0. The number of benzene rings is 1. The minimum Gasteiger partial charge on any atom is -0.300 e. The fraction of sp³-hybridized carbons (Fsp3) is 0.286. The molecule has 1 aliphatic carbocycles. The molecule has 1 aromatic heterocycles. The lowest BCUT2D eigenvalue weighted by atomic mass is 10.1. The molecule has 0 aliphatic heterocycles. The minimum absolute atomic E-state index is 0.486. The van der Waals surface area contributed by atoms with Crippen molar-refractivity contribution in [1.29, 1.82) is 0 Å². The van der Waals surface area contributed by atoms with Crippen LogP contribution in [0.1, 0.15) is 29.6 Å². The zero-order valence-electron chi connectivity index (χ0n) is 10.0. The molecule has 1 heterocycles. The maximum atomic E-state index is 5.24. The van der Waals surface area contributed by atoms with Crippen LogP contribution < -0.4 is 0 Å². The Balaban J connectivity index is 1.87. The van der Waals surface area contributed by atoms with E-state index in [0.29, 0.717) is 16.6 Å². The van der Waals surface area contributed by atoms with E-state index < -0.39 is 0 Å². The van der Waals surface area contributed by atoms with E-state index in [1.807, 2.05) is 10.6 Å². The van der Waals surface area contributed by atoms with Crippen LogP contribution in [0.15, 0.2) is 43.0 Å². The molecule has 2 atom stereocenters. The molecule has 3 rings (SSSR count). The Kier molecular flexibility index (Phi) is 2.88. The first-order chi connectivity index (χ1) is 8.81. The lowest BCUT2D eigenvalue weighted by Crippen LogP contribution is -2.01. The summed E-state index contributed by atoms with van der Waals surface area (Å²) in [6.45, 7) is 4.49. The van der Waals surface area contributed by atoms with Gasteiger partial charge in [0.15, 0.2) is 4.77 Å². The van der Waals surface area contributed by atoms with Crippen molar-refractivity contribution < 1.29 is 0 Å². The van der Waals surface area contributed by atoms with Crippen molar-refractivity contribution in [2.24, 2.45) is 0 Å². The first-order valence-corrected chi connectivity index (χ1v) is 6.53. The average Bonchev–Trinajstić information content (AvgIpc) is 3.12. The van der Waals surface area contributed by atoms with E-state index in [4.69, 9.17) is 12.2 Å². The second-order valence-corrected chi connectivity index (χ2v) is 5.03. The molecule has 0 radical (unpaired) electrons. The predicted molar refractivity (Wildman–Crippen MR) is 74.1 cm³/mol. The normalized spacial score (nSPS) is 21.8. The van der Waals surface area contributed by atoms with E-state index in [0.717, 1.165) is 18.8 Å². The van der Waals surface area contributed by atoms with Crippen molar-refractivity contribution in [1.82, 2.24) is 14.8 Å². The summed E-state index contributed by atoms with van der Waals surface area (Å²) in [6, 6.07) is 10.6. The summed E-state index contributed by atoms with van der Waals surface area (Å²) < 4.78 is 2.72. The molecule has 1 fully saturated rings. The predicted octanol–water partition coefficient (Wildman–Crippen LogP) is 3.40. The molecule has 2 aromatic rings. The average molecular weight is 257 g/mol. The summed E-state index contributed by atoms with van der Waals surface area (Å²) >= 11 is 5.24. The molecule has 3 nitrogen and oxygen atoms in total. The van der Waals surface area contributed by atoms with E-state index in [2.05, 4.69) is 47.1 Å². The topological polar surface area (TPSA) is 33.6 Å². The van der Waals surface area contributed by atoms with Crippen LogP contribution in [0.25, 0.3) is 0 Å². The summed E-state index contributed by atoms with van der Waals surface area (Å²) in [7, 11) is 0. The number of nitrogens with one attached hydrogen (secondary N) is 1. The Hall–Kier alpha value is -1.68. The first kappa shape index (κ1) is 11.4. The highest BCUT2D eigenvalue weighted by Gasteiger charge is 2.42. The molecule has 0 bridgehead atoms. The molecule has 0 spiro atoms. The quantitative estimate of drug-likeness (QED) is 0.673. The van der Waals surface area contributed by atoms with Gasteiger partial charge in [-0.2, -0.15) is 5.10 Å². The standard InChI is InChI=1S/C14H15N3S/c1-2-8-17-13(15-16-14(17)18)12-9-11(12)10-6-4-3-5-7-10/h2-7,11-12H,1,8-9H2,(H,16,18)/t11-,12-/m0/s1. The number of aromatic nitrogens is 3. The van der Waals surface area contributed by atoms with Gasteiger partial charge in [0.2, 0.25) is 0 Å². The summed E-state index contributed by atoms with van der Waals surface area (Å²) in [5.41, 5.74) is 1.39. The molecule has 4 heteroatoms. The zero-order chi connectivity index (χ0) is 12.5. The highest BCUT2D eigenvalue weighted by Crippen LogP contribution is 2.53. The molecular weight excluding hydrogens is 242 g/mol. The third kappa shape index (κ3) is 1.93. The van der Waals surface area contributed by atoms with Gasteiger partial charge in [-0.15, -0.1) is 6.58 Å². The molecule has 0 amide bonds. The molecular formula is C14H15N3S. The molecule has 1 saturated carbocycles. The second kappa shape index (κ2) is 4.53. The van der Waals surface area contributed by atoms with E-state index in [-0.39, 0.29) is 0 Å². The SMILES string of the molecule is C=CCn1c([C@H]2C[C@H]2c2ccccc2)n[nH]c1=S. The molecule has 0 unspecified atom stereocenters. The molecule has 1 aromatic carbocycles. The number of hydrogen-bond donors (Lipinski definition) is 1. The van der Waals surface area contributed by atoms with Crippen molar-refractivity contribution in [3.8, 4) is 0 Å². The number of aromatic amines is 1. The maximum absolute atomic E-state index is 5.24. The van der Waals surface area contributed by atoms with Gasteiger partial charge in [-0.3, -0.25) is 5.10 Å². The van der Waals surface area contributed by atoms with Gasteiger partial charge >= 0.3 is 0 Å². The number of rotatable bonds is 4. The number of allylic oxidation sites excluding steroid dienone is 1. The summed E-state index contributed by atoms with van der Waals surface area (Å²) in [5, 5.41) is 7.25. The maximum Gasteiger partial charge on any atom is 0.195 e. The Bertz CT molecular complexity index is 611. The van der Waals surface area contributed by atoms with Gasteiger partial charge in [0.25, 0.3) is 0 Å². The van der Waals surface area contributed by atoms with E-state index >= 15 is 0 Å². The number of nitrogens with zero attached hydrogens (tertiary/aromatic N) is 2. The van der Waals surface area contributed by atoms with Crippen LogP contribution in [0.3, 0.4) is 0 Å². The third-order valence-electron chi connectivity index (χ3n) is 3.45. The minimum atomic E-state index is 0.486. The van der Waals surface area contributed by atoms with Crippen molar-refractivity contribution in [3.05, 3.63) is 59.1 Å². The summed E-state index contributed by atoms with van der Waals surface area (Å²) in [5.74, 6) is 2.13. The zero-order valence-corrected chi connectivity index (χ0v) is 10.9. The van der Waals surface area contributed by atoms with Crippen molar-refractivity contribution in [3.63, 3.8) is 0 Å². The lowest BCUT2D eigenvalue weighted by molar-refractivity contribution is 0.727. The number of hydrogen-bond acceptors (Lipinski definition) is 2. The lowest BCUT2D eigenvalue weighted by Gasteiger charge is -2.03. The van der Waals surface area contributed by atoms with Crippen molar-refractivity contribution in [2.45, 2.75) is 24.8 Å². The Morgan fingerprint density at radius 1 is 1.39 bits per heavy atom.